The van der Waals surface area contributed by atoms with Crippen LogP contribution in [0.2, 0.25) is 0 Å². The average Bonchev–Trinajstić information content (AvgIpc) is 3.59. The topological polar surface area (TPSA) is 138 Å². The lowest BCUT2D eigenvalue weighted by Gasteiger charge is -2.41. The Hall–Kier alpha value is -3.35. The fourth-order valence-electron chi connectivity index (χ4n) is 7.73. The van der Waals surface area contributed by atoms with Gasteiger partial charge in [0.2, 0.25) is 23.6 Å². The van der Waals surface area contributed by atoms with E-state index in [1.807, 2.05) is 90.9 Å². The number of carbonyl (C=O) groups is 5. The molecule has 1 aliphatic rings. The molecule has 1 aliphatic heterocycles. The molecule has 0 bridgehead atoms. The van der Waals surface area contributed by atoms with Crippen LogP contribution in [-0.4, -0.2) is 129 Å². The van der Waals surface area contributed by atoms with Crippen LogP contribution in [0.1, 0.15) is 79.7 Å². The van der Waals surface area contributed by atoms with Gasteiger partial charge in [-0.1, -0.05) is 85.2 Å². The Bertz CT molecular complexity index is 1280. The Labute approximate surface area is 312 Å². The molecule has 1 fully saturated rings. The van der Waals surface area contributed by atoms with Crippen LogP contribution >= 0.6 is 0 Å². The third-order valence-corrected chi connectivity index (χ3v) is 10.7. The van der Waals surface area contributed by atoms with E-state index >= 15 is 0 Å². The Kier molecular flexibility index (Phi) is 18.4. The molecular weight excluding hydrogens is 662 g/mol. The minimum Gasteiger partial charge on any atom is -0.379 e. The zero-order valence-corrected chi connectivity index (χ0v) is 33.8. The molecule has 2 N–H and O–H groups in total. The molecule has 4 amide bonds. The zero-order chi connectivity index (χ0) is 39.3. The van der Waals surface area contributed by atoms with Gasteiger partial charge in [-0.05, 0) is 56.7 Å². The first kappa shape index (κ1) is 44.8. The van der Waals surface area contributed by atoms with Crippen molar-refractivity contribution in [3.63, 3.8) is 0 Å². The van der Waals surface area contributed by atoms with Gasteiger partial charge >= 0.3 is 0 Å². The van der Waals surface area contributed by atoms with E-state index in [0.717, 1.165) is 24.7 Å². The highest BCUT2D eigenvalue weighted by molar-refractivity contribution is 5.90. The van der Waals surface area contributed by atoms with Gasteiger partial charge in [-0.15, -0.1) is 0 Å². The molecule has 0 spiro atoms. The van der Waals surface area contributed by atoms with Crippen molar-refractivity contribution in [2.45, 2.75) is 123 Å². The molecule has 1 heterocycles. The summed E-state index contributed by atoms with van der Waals surface area (Å²) in [5, 5.41) is 5.90. The molecule has 0 radical (unpaired) electrons. The normalized spacial score (nSPS) is 19.4. The molecule has 12 nitrogen and oxygen atoms in total. The lowest BCUT2D eigenvalue weighted by Crippen LogP contribution is -2.59. The van der Waals surface area contributed by atoms with Gasteiger partial charge in [-0.3, -0.25) is 24.1 Å². The van der Waals surface area contributed by atoms with E-state index in [2.05, 4.69) is 10.6 Å². The van der Waals surface area contributed by atoms with Crippen molar-refractivity contribution in [3.05, 3.63) is 35.9 Å². The number of ether oxygens (including phenoxy) is 2. The smallest absolute Gasteiger partial charge is 0.245 e. The molecule has 2 rings (SSSR count). The predicted octanol–water partition coefficient (Wildman–Crippen LogP) is 3.56. The third kappa shape index (κ3) is 11.8. The van der Waals surface area contributed by atoms with E-state index in [1.165, 1.54) is 0 Å². The summed E-state index contributed by atoms with van der Waals surface area (Å²) in [7, 11) is 8.54. The number of methoxy groups -OCH3 is 2. The van der Waals surface area contributed by atoms with Gasteiger partial charge in [0, 0.05) is 27.8 Å². The summed E-state index contributed by atoms with van der Waals surface area (Å²) >= 11 is 0. The van der Waals surface area contributed by atoms with E-state index < -0.39 is 42.3 Å². The predicted molar refractivity (Wildman–Crippen MR) is 203 cm³/mol. The number of amides is 4. The van der Waals surface area contributed by atoms with Gasteiger partial charge < -0.3 is 34.7 Å². The maximum atomic E-state index is 14.2. The highest BCUT2D eigenvalue weighted by Gasteiger charge is 2.43. The van der Waals surface area contributed by atoms with E-state index in [1.54, 1.807) is 38.0 Å². The second kappa shape index (κ2) is 21.4. The average molecular weight is 730 g/mol. The van der Waals surface area contributed by atoms with E-state index in [0.29, 0.717) is 19.4 Å². The van der Waals surface area contributed by atoms with Gasteiger partial charge in [0.25, 0.3) is 0 Å². The second-order valence-electron chi connectivity index (χ2n) is 15.4. The number of aldehydes is 1. The fraction of sp³-hybridized carbons (Fsp3) is 0.725. The van der Waals surface area contributed by atoms with Crippen molar-refractivity contribution in [1.29, 1.82) is 0 Å². The molecule has 1 aromatic rings. The maximum absolute atomic E-state index is 14.2. The Balaban J connectivity index is 2.25. The maximum Gasteiger partial charge on any atom is 0.245 e. The Morgan fingerprint density at radius 3 is 2.06 bits per heavy atom. The SMILES string of the molecule is CCC(C)C(C(CC(=O)N1CCCC1C(OC)C(C)C(=O)NC(C=O)Cc1ccccc1)OC)N(C)C(=O)C(NC(=O)C(C(C)C)N(C)C)C(C)C. The van der Waals surface area contributed by atoms with E-state index in [4.69, 9.17) is 9.47 Å². The molecule has 9 atom stereocenters. The summed E-state index contributed by atoms with van der Waals surface area (Å²) in [6.07, 6.45) is 2.07. The number of rotatable bonds is 21. The van der Waals surface area contributed by atoms with Crippen LogP contribution in [0.3, 0.4) is 0 Å². The number of likely N-dealkylation sites (N-methyl/N-ethyl adjacent to an activating group) is 2. The first-order chi connectivity index (χ1) is 24.5. The summed E-state index contributed by atoms with van der Waals surface area (Å²) in [6.45, 7) is 14.1. The van der Waals surface area contributed by atoms with Crippen molar-refractivity contribution in [2.75, 3.05) is 41.9 Å². The van der Waals surface area contributed by atoms with E-state index in [9.17, 15) is 24.0 Å². The number of likely N-dealkylation sites (tertiary alicyclic amines) is 1. The van der Waals surface area contributed by atoms with Gasteiger partial charge in [0.05, 0.1) is 48.7 Å². The highest BCUT2D eigenvalue weighted by Crippen LogP contribution is 2.30. The highest BCUT2D eigenvalue weighted by atomic mass is 16.5. The number of nitrogens with zero attached hydrogens (tertiary/aromatic N) is 3. The molecule has 12 heteroatoms. The van der Waals surface area contributed by atoms with Crippen molar-refractivity contribution in [1.82, 2.24) is 25.3 Å². The molecule has 0 saturated carbocycles. The fourth-order valence-corrected chi connectivity index (χ4v) is 7.73. The van der Waals surface area contributed by atoms with Gasteiger partial charge in [-0.25, -0.2) is 0 Å². The molecule has 1 aromatic carbocycles. The number of hydrogen-bond acceptors (Lipinski definition) is 8. The van der Waals surface area contributed by atoms with Crippen molar-refractivity contribution >= 4 is 29.9 Å². The number of benzene rings is 1. The van der Waals surface area contributed by atoms with Gasteiger partial charge in [0.15, 0.2) is 0 Å². The summed E-state index contributed by atoms with van der Waals surface area (Å²) < 4.78 is 11.9. The molecule has 9 unspecified atom stereocenters. The lowest BCUT2D eigenvalue weighted by molar-refractivity contribution is -0.148. The second-order valence-corrected chi connectivity index (χ2v) is 15.4. The zero-order valence-electron chi connectivity index (χ0n) is 33.8. The largest absolute Gasteiger partial charge is 0.379 e. The van der Waals surface area contributed by atoms with Crippen LogP contribution in [0.15, 0.2) is 30.3 Å². The summed E-state index contributed by atoms with van der Waals surface area (Å²) in [4.78, 5) is 72.4. The first-order valence-corrected chi connectivity index (χ1v) is 18.9. The summed E-state index contributed by atoms with van der Waals surface area (Å²) in [5.74, 6) is -1.68. The number of nitrogens with one attached hydrogen (secondary N) is 2. The molecule has 52 heavy (non-hydrogen) atoms. The first-order valence-electron chi connectivity index (χ1n) is 18.9. The van der Waals surface area contributed by atoms with Crippen LogP contribution in [-0.2, 0) is 39.9 Å². The van der Waals surface area contributed by atoms with Crippen LogP contribution in [0, 0.1) is 23.7 Å². The lowest BCUT2D eigenvalue weighted by atomic mass is 9.89. The number of carbonyl (C=O) groups excluding carboxylic acids is 5. The summed E-state index contributed by atoms with van der Waals surface area (Å²) in [6, 6.07) is 6.84. The van der Waals surface area contributed by atoms with Crippen LogP contribution < -0.4 is 10.6 Å². The van der Waals surface area contributed by atoms with E-state index in [-0.39, 0.29) is 53.8 Å². The quantitative estimate of drug-likeness (QED) is 0.184. The molecule has 1 saturated heterocycles. The van der Waals surface area contributed by atoms with Crippen LogP contribution in [0.25, 0.3) is 0 Å². The van der Waals surface area contributed by atoms with Gasteiger partial charge in [-0.2, -0.15) is 0 Å². The van der Waals surface area contributed by atoms with Crippen LogP contribution in [0.5, 0.6) is 0 Å². The standard InChI is InChI=1S/C40H67N5O7/c1-13-27(6)36(44(10)40(50)34(25(2)3)42-39(49)35(26(4)5)43(8)9)32(51-11)23-33(47)45-21-17-20-31(45)37(52-12)28(7)38(48)41-30(24-46)22-29-18-15-14-16-19-29/h14-16,18-19,24-28,30-32,34-37H,13,17,20-23H2,1-12H3,(H,41,48)(H,42,49). The summed E-state index contributed by atoms with van der Waals surface area (Å²) in [5.41, 5.74) is 0.938. The Morgan fingerprint density at radius 1 is 0.923 bits per heavy atom. The number of hydrogen-bond donors (Lipinski definition) is 2. The minimum absolute atomic E-state index is 0.0214. The third-order valence-electron chi connectivity index (χ3n) is 10.7. The van der Waals surface area contributed by atoms with Crippen LogP contribution in [0.4, 0.5) is 0 Å². The van der Waals surface area contributed by atoms with Crippen molar-refractivity contribution in [3.8, 4) is 0 Å². The van der Waals surface area contributed by atoms with Crippen molar-refractivity contribution < 1.29 is 33.4 Å². The molecule has 0 aromatic heterocycles. The molecular formula is C40H67N5O7. The molecule has 0 aliphatic carbocycles. The molecule has 294 valence electrons. The Morgan fingerprint density at radius 2 is 1.56 bits per heavy atom. The van der Waals surface area contributed by atoms with Gasteiger partial charge in [0.1, 0.15) is 12.3 Å². The van der Waals surface area contributed by atoms with Crippen molar-refractivity contribution in [2.24, 2.45) is 23.7 Å². The monoisotopic (exact) mass is 730 g/mol. The minimum atomic E-state index is -0.761.